The van der Waals surface area contributed by atoms with Crippen LogP contribution in [-0.2, 0) is 11.0 Å². The fourth-order valence-electron chi connectivity index (χ4n) is 2.99. The maximum atomic E-state index is 12.6. The number of alkyl halides is 3. The van der Waals surface area contributed by atoms with Gasteiger partial charge in [0.1, 0.15) is 11.9 Å². The zero-order valence-corrected chi connectivity index (χ0v) is 15.4. The lowest BCUT2D eigenvalue weighted by Crippen LogP contribution is -2.46. The highest BCUT2D eigenvalue weighted by Crippen LogP contribution is 2.29. The summed E-state index contributed by atoms with van der Waals surface area (Å²) in [5.41, 5.74) is -0.812. The van der Waals surface area contributed by atoms with Crippen molar-refractivity contribution in [2.45, 2.75) is 38.1 Å². The van der Waals surface area contributed by atoms with Crippen LogP contribution in [0.5, 0.6) is 11.6 Å². The molecule has 2 heterocycles. The molecule has 0 spiro atoms. The third-order valence-electron chi connectivity index (χ3n) is 4.51. The van der Waals surface area contributed by atoms with Crippen LogP contribution in [0.25, 0.3) is 0 Å². The Bertz CT molecular complexity index is 774. The molecule has 0 aliphatic carbocycles. The average Bonchev–Trinajstić information content (AvgIpc) is 2.68. The van der Waals surface area contributed by atoms with Crippen molar-refractivity contribution in [1.29, 1.82) is 0 Å². The van der Waals surface area contributed by atoms with Gasteiger partial charge in [-0.25, -0.2) is 4.98 Å². The number of carbonyl (C=O) groups excluding carboxylic acids is 1. The Hall–Kier alpha value is -2.77. The SMILES string of the molecule is C[C@@H](Oc1ccccc1)C(=O)N1CCC(Oc2ccc(C(F)(F)F)cn2)CC1. The predicted octanol–water partition coefficient (Wildman–Crippen LogP) is 3.94. The van der Waals surface area contributed by atoms with Crippen molar-refractivity contribution in [2.24, 2.45) is 0 Å². The van der Waals surface area contributed by atoms with E-state index < -0.39 is 17.8 Å². The fraction of sp³-hybridized carbons (Fsp3) is 0.400. The molecule has 28 heavy (non-hydrogen) atoms. The first kappa shape index (κ1) is 20.0. The molecule has 1 saturated heterocycles. The molecule has 150 valence electrons. The number of carbonyl (C=O) groups is 1. The lowest BCUT2D eigenvalue weighted by molar-refractivity contribution is -0.139. The molecule has 3 rings (SSSR count). The Morgan fingerprint density at radius 3 is 2.39 bits per heavy atom. The van der Waals surface area contributed by atoms with E-state index in [0.29, 0.717) is 31.7 Å². The van der Waals surface area contributed by atoms with Gasteiger partial charge in [0, 0.05) is 38.2 Å². The monoisotopic (exact) mass is 394 g/mol. The van der Waals surface area contributed by atoms with Gasteiger partial charge in [-0.1, -0.05) is 18.2 Å². The number of rotatable bonds is 5. The second kappa shape index (κ2) is 8.50. The maximum absolute atomic E-state index is 12.6. The van der Waals surface area contributed by atoms with Crippen LogP contribution in [0.2, 0.25) is 0 Å². The van der Waals surface area contributed by atoms with Crippen molar-refractivity contribution >= 4 is 5.91 Å². The molecule has 0 saturated carbocycles. The zero-order chi connectivity index (χ0) is 20.1. The summed E-state index contributed by atoms with van der Waals surface area (Å²) in [5.74, 6) is 0.684. The van der Waals surface area contributed by atoms with E-state index in [2.05, 4.69) is 4.98 Å². The van der Waals surface area contributed by atoms with Gasteiger partial charge in [-0.05, 0) is 25.1 Å². The highest BCUT2D eigenvalue weighted by molar-refractivity contribution is 5.81. The van der Waals surface area contributed by atoms with E-state index in [1.165, 1.54) is 6.07 Å². The lowest BCUT2D eigenvalue weighted by Gasteiger charge is -2.33. The van der Waals surface area contributed by atoms with Gasteiger partial charge in [0.2, 0.25) is 5.88 Å². The summed E-state index contributed by atoms with van der Waals surface area (Å²) in [6.07, 6.45) is -3.30. The molecule has 1 aromatic heterocycles. The normalized spacial score (nSPS) is 16.5. The molecule has 2 aromatic rings. The number of piperidine rings is 1. The third-order valence-corrected chi connectivity index (χ3v) is 4.51. The van der Waals surface area contributed by atoms with E-state index >= 15 is 0 Å². The van der Waals surface area contributed by atoms with Gasteiger partial charge in [0.05, 0.1) is 5.56 Å². The summed E-state index contributed by atoms with van der Waals surface area (Å²) < 4.78 is 49.0. The number of halogens is 3. The molecule has 5 nitrogen and oxygen atoms in total. The number of pyridine rings is 1. The largest absolute Gasteiger partial charge is 0.481 e. The van der Waals surface area contributed by atoms with Gasteiger partial charge in [-0.15, -0.1) is 0 Å². The molecule has 1 aliphatic rings. The molecule has 8 heteroatoms. The number of aromatic nitrogens is 1. The minimum absolute atomic E-state index is 0.102. The van der Waals surface area contributed by atoms with Crippen LogP contribution >= 0.6 is 0 Å². The molecule has 0 unspecified atom stereocenters. The molecule has 0 radical (unpaired) electrons. The summed E-state index contributed by atoms with van der Waals surface area (Å²) in [5, 5.41) is 0. The topological polar surface area (TPSA) is 51.7 Å². The summed E-state index contributed by atoms with van der Waals surface area (Å²) in [7, 11) is 0. The standard InChI is InChI=1S/C20H21F3N2O3/c1-14(27-16-5-3-2-4-6-16)19(26)25-11-9-17(10-12-25)28-18-8-7-15(13-24-18)20(21,22)23/h2-8,13-14,17H,9-12H2,1H3/t14-/m1/s1. The number of amides is 1. The molecule has 0 bridgehead atoms. The van der Waals surface area contributed by atoms with Gasteiger partial charge in [-0.3, -0.25) is 4.79 Å². The highest BCUT2D eigenvalue weighted by Gasteiger charge is 2.31. The Kier molecular flexibility index (Phi) is 6.06. The van der Waals surface area contributed by atoms with Gasteiger partial charge in [0.25, 0.3) is 5.91 Å². The van der Waals surface area contributed by atoms with Crippen molar-refractivity contribution in [2.75, 3.05) is 13.1 Å². The second-order valence-electron chi connectivity index (χ2n) is 6.60. The second-order valence-corrected chi connectivity index (χ2v) is 6.60. The van der Waals surface area contributed by atoms with Crippen molar-refractivity contribution in [1.82, 2.24) is 9.88 Å². The van der Waals surface area contributed by atoms with Crippen molar-refractivity contribution in [3.05, 3.63) is 54.2 Å². The van der Waals surface area contributed by atoms with E-state index in [0.717, 1.165) is 12.3 Å². The third kappa shape index (κ3) is 5.15. The number of likely N-dealkylation sites (tertiary alicyclic amines) is 1. The predicted molar refractivity (Wildman–Crippen MR) is 96.0 cm³/mol. The van der Waals surface area contributed by atoms with Gasteiger partial charge >= 0.3 is 6.18 Å². The van der Waals surface area contributed by atoms with Gasteiger partial charge in [0.15, 0.2) is 6.10 Å². The van der Waals surface area contributed by atoms with Crippen LogP contribution in [0.15, 0.2) is 48.7 Å². The number of hydrogen-bond donors (Lipinski definition) is 0. The number of ether oxygens (including phenoxy) is 2. The Labute approximate surface area is 161 Å². The van der Waals surface area contributed by atoms with Crippen LogP contribution in [0.3, 0.4) is 0 Å². The lowest BCUT2D eigenvalue weighted by atomic mass is 10.1. The average molecular weight is 394 g/mol. The number of para-hydroxylation sites is 1. The van der Waals surface area contributed by atoms with E-state index in [1.54, 1.807) is 24.0 Å². The van der Waals surface area contributed by atoms with Crippen LogP contribution in [-0.4, -0.2) is 41.1 Å². The number of benzene rings is 1. The van der Waals surface area contributed by atoms with Crippen molar-refractivity contribution in [3.63, 3.8) is 0 Å². The number of hydrogen-bond acceptors (Lipinski definition) is 4. The zero-order valence-electron chi connectivity index (χ0n) is 15.4. The summed E-state index contributed by atoms with van der Waals surface area (Å²) in [6, 6.07) is 11.3. The Morgan fingerprint density at radius 2 is 1.82 bits per heavy atom. The van der Waals surface area contributed by atoms with Crippen LogP contribution in [0.4, 0.5) is 13.2 Å². The quantitative estimate of drug-likeness (QED) is 0.771. The summed E-state index contributed by atoms with van der Waals surface area (Å²) in [4.78, 5) is 18.0. The van der Waals surface area contributed by atoms with Gasteiger partial charge < -0.3 is 14.4 Å². The molecular weight excluding hydrogens is 373 g/mol. The Balaban J connectivity index is 1.48. The summed E-state index contributed by atoms with van der Waals surface area (Å²) in [6.45, 7) is 2.70. The molecule has 1 aliphatic heterocycles. The van der Waals surface area contributed by atoms with Crippen molar-refractivity contribution < 1.29 is 27.4 Å². The molecule has 1 fully saturated rings. The van der Waals surface area contributed by atoms with E-state index in [9.17, 15) is 18.0 Å². The van der Waals surface area contributed by atoms with Crippen LogP contribution in [0.1, 0.15) is 25.3 Å². The first-order valence-corrected chi connectivity index (χ1v) is 9.03. The van der Waals surface area contributed by atoms with Crippen molar-refractivity contribution in [3.8, 4) is 11.6 Å². The van der Waals surface area contributed by atoms with E-state index in [4.69, 9.17) is 9.47 Å². The minimum Gasteiger partial charge on any atom is -0.481 e. The Morgan fingerprint density at radius 1 is 1.14 bits per heavy atom. The molecule has 0 N–H and O–H groups in total. The smallest absolute Gasteiger partial charge is 0.417 e. The molecular formula is C20H21F3N2O3. The van der Waals surface area contributed by atoms with Crippen LogP contribution < -0.4 is 9.47 Å². The van der Waals surface area contributed by atoms with E-state index in [1.807, 2.05) is 18.2 Å². The highest BCUT2D eigenvalue weighted by atomic mass is 19.4. The first-order valence-electron chi connectivity index (χ1n) is 9.03. The molecule has 1 amide bonds. The maximum Gasteiger partial charge on any atom is 0.417 e. The first-order chi connectivity index (χ1) is 13.3. The minimum atomic E-state index is -4.42. The summed E-state index contributed by atoms with van der Waals surface area (Å²) >= 11 is 0. The molecule has 1 aromatic carbocycles. The van der Waals surface area contributed by atoms with E-state index in [-0.39, 0.29) is 17.9 Å². The van der Waals surface area contributed by atoms with Crippen LogP contribution in [0, 0.1) is 0 Å². The molecule has 1 atom stereocenters. The number of nitrogens with zero attached hydrogens (tertiary/aromatic N) is 2. The van der Waals surface area contributed by atoms with Gasteiger partial charge in [-0.2, -0.15) is 13.2 Å². The fourth-order valence-corrected chi connectivity index (χ4v) is 2.99.